The van der Waals surface area contributed by atoms with Crippen LogP contribution in [-0.4, -0.2) is 35.2 Å². The first-order chi connectivity index (χ1) is 8.03. The Balaban J connectivity index is 2.03. The number of aliphatic hydroxyl groups is 1. The average molecular weight is 235 g/mol. The number of esters is 1. The molecule has 4 heteroatoms. The summed E-state index contributed by atoms with van der Waals surface area (Å²) in [5.41, 5.74) is 1.07. The third-order valence-corrected chi connectivity index (χ3v) is 3.06. The molecule has 0 aromatic heterocycles. The van der Waals surface area contributed by atoms with Crippen LogP contribution in [0.15, 0.2) is 24.3 Å². The number of carbonyl (C=O) groups is 1. The molecule has 1 unspecified atom stereocenters. The average Bonchev–Trinajstić information content (AvgIpc) is 2.68. The standard InChI is InChI=1S/C13H17NO3/c1-13(16,12(15)17-2)9-14-7-10-5-3-4-6-11(10)8-14/h3-6,16H,7-9H2,1-2H3. The summed E-state index contributed by atoms with van der Waals surface area (Å²) >= 11 is 0. The van der Waals surface area contributed by atoms with E-state index in [4.69, 9.17) is 0 Å². The molecule has 1 N–H and O–H groups in total. The van der Waals surface area contributed by atoms with Crippen LogP contribution in [-0.2, 0) is 22.6 Å². The van der Waals surface area contributed by atoms with Crippen LogP contribution >= 0.6 is 0 Å². The number of carbonyl (C=O) groups excluding carboxylic acids is 1. The number of ether oxygens (including phenoxy) is 1. The molecule has 0 fully saturated rings. The maximum Gasteiger partial charge on any atom is 0.338 e. The molecule has 0 amide bonds. The Morgan fingerprint density at radius 1 is 1.41 bits per heavy atom. The van der Waals surface area contributed by atoms with Crippen LogP contribution in [0.2, 0.25) is 0 Å². The lowest BCUT2D eigenvalue weighted by atomic mass is 10.1. The van der Waals surface area contributed by atoms with Gasteiger partial charge in [0.15, 0.2) is 5.60 Å². The van der Waals surface area contributed by atoms with Gasteiger partial charge in [0.05, 0.1) is 7.11 Å². The highest BCUT2D eigenvalue weighted by Gasteiger charge is 2.35. The van der Waals surface area contributed by atoms with Crippen molar-refractivity contribution in [3.63, 3.8) is 0 Å². The molecule has 0 saturated heterocycles. The largest absolute Gasteiger partial charge is 0.467 e. The van der Waals surface area contributed by atoms with Gasteiger partial charge < -0.3 is 9.84 Å². The van der Waals surface area contributed by atoms with Crippen LogP contribution in [0.1, 0.15) is 18.1 Å². The summed E-state index contributed by atoms with van der Waals surface area (Å²) in [6.45, 7) is 3.31. The quantitative estimate of drug-likeness (QED) is 0.792. The highest BCUT2D eigenvalue weighted by Crippen LogP contribution is 2.24. The molecule has 0 aliphatic carbocycles. The number of methoxy groups -OCH3 is 1. The molecule has 0 radical (unpaired) electrons. The van der Waals surface area contributed by atoms with Gasteiger partial charge in [0.25, 0.3) is 0 Å². The van der Waals surface area contributed by atoms with Crippen molar-refractivity contribution in [1.82, 2.24) is 4.90 Å². The molecule has 1 aliphatic heterocycles. The van der Waals surface area contributed by atoms with Crippen LogP contribution in [0.5, 0.6) is 0 Å². The lowest BCUT2D eigenvalue weighted by Crippen LogP contribution is -2.45. The van der Waals surface area contributed by atoms with E-state index in [2.05, 4.69) is 16.9 Å². The van der Waals surface area contributed by atoms with Gasteiger partial charge in [0.1, 0.15) is 0 Å². The smallest absolute Gasteiger partial charge is 0.338 e. The Bertz CT molecular complexity index is 403. The molecule has 1 aromatic carbocycles. The van der Waals surface area contributed by atoms with Crippen LogP contribution in [0.3, 0.4) is 0 Å². The minimum absolute atomic E-state index is 0.286. The monoisotopic (exact) mass is 235 g/mol. The van der Waals surface area contributed by atoms with Crippen molar-refractivity contribution in [3.05, 3.63) is 35.4 Å². The molecule has 1 heterocycles. The minimum atomic E-state index is -1.45. The van der Waals surface area contributed by atoms with Crippen LogP contribution < -0.4 is 0 Å². The molecule has 0 saturated carbocycles. The van der Waals surface area contributed by atoms with Gasteiger partial charge in [-0.3, -0.25) is 4.90 Å². The van der Waals surface area contributed by atoms with E-state index in [1.807, 2.05) is 17.0 Å². The molecule has 4 nitrogen and oxygen atoms in total. The van der Waals surface area contributed by atoms with Crippen LogP contribution in [0.4, 0.5) is 0 Å². The second-order valence-electron chi connectivity index (χ2n) is 4.68. The highest BCUT2D eigenvalue weighted by atomic mass is 16.5. The lowest BCUT2D eigenvalue weighted by Gasteiger charge is -2.26. The number of fused-ring (bicyclic) bond motifs is 1. The van der Waals surface area contributed by atoms with Gasteiger partial charge in [0, 0.05) is 19.6 Å². The second-order valence-corrected chi connectivity index (χ2v) is 4.68. The molecule has 0 spiro atoms. The minimum Gasteiger partial charge on any atom is -0.467 e. The number of β-amino-alcohol motifs (C(OH)–C–C–N with tert-alkyl or cyclic N) is 1. The fourth-order valence-corrected chi connectivity index (χ4v) is 2.24. The summed E-state index contributed by atoms with van der Waals surface area (Å²) in [6.07, 6.45) is 0. The fourth-order valence-electron chi connectivity index (χ4n) is 2.24. The second kappa shape index (κ2) is 4.47. The SMILES string of the molecule is COC(=O)C(C)(O)CN1Cc2ccccc2C1. The lowest BCUT2D eigenvalue weighted by molar-refractivity contribution is -0.162. The zero-order chi connectivity index (χ0) is 12.5. The van der Waals surface area contributed by atoms with Gasteiger partial charge in [-0.2, -0.15) is 0 Å². The van der Waals surface area contributed by atoms with E-state index in [1.54, 1.807) is 0 Å². The highest BCUT2D eigenvalue weighted by molar-refractivity contribution is 5.78. The number of benzene rings is 1. The zero-order valence-electron chi connectivity index (χ0n) is 10.1. The van der Waals surface area contributed by atoms with E-state index in [-0.39, 0.29) is 6.54 Å². The molecule has 0 bridgehead atoms. The summed E-state index contributed by atoms with van der Waals surface area (Å²) in [4.78, 5) is 13.4. The topological polar surface area (TPSA) is 49.8 Å². The van der Waals surface area contributed by atoms with Crippen LogP contribution in [0, 0.1) is 0 Å². The Morgan fingerprint density at radius 3 is 2.41 bits per heavy atom. The van der Waals surface area contributed by atoms with Crippen molar-refractivity contribution in [2.75, 3.05) is 13.7 Å². The van der Waals surface area contributed by atoms with Crippen molar-refractivity contribution >= 4 is 5.97 Å². The summed E-state index contributed by atoms with van der Waals surface area (Å²) in [6, 6.07) is 8.14. The van der Waals surface area contributed by atoms with Crippen molar-refractivity contribution in [3.8, 4) is 0 Å². The Morgan fingerprint density at radius 2 is 1.94 bits per heavy atom. The van der Waals surface area contributed by atoms with Gasteiger partial charge in [-0.1, -0.05) is 24.3 Å². The van der Waals surface area contributed by atoms with Gasteiger partial charge in [-0.25, -0.2) is 4.79 Å². The van der Waals surface area contributed by atoms with Gasteiger partial charge >= 0.3 is 5.97 Å². The third-order valence-electron chi connectivity index (χ3n) is 3.06. The molecule has 92 valence electrons. The number of nitrogens with zero attached hydrogens (tertiary/aromatic N) is 1. The maximum absolute atomic E-state index is 11.4. The Labute approximate surface area is 101 Å². The summed E-state index contributed by atoms with van der Waals surface area (Å²) in [5.74, 6) is -0.589. The predicted molar refractivity (Wildman–Crippen MR) is 63.2 cm³/mol. The number of rotatable bonds is 3. The van der Waals surface area contributed by atoms with E-state index in [9.17, 15) is 9.90 Å². The first-order valence-electron chi connectivity index (χ1n) is 5.63. The first-order valence-corrected chi connectivity index (χ1v) is 5.63. The third kappa shape index (κ3) is 2.48. The summed E-state index contributed by atoms with van der Waals surface area (Å²) in [7, 11) is 1.29. The van der Waals surface area contributed by atoms with E-state index < -0.39 is 11.6 Å². The van der Waals surface area contributed by atoms with Gasteiger partial charge in [-0.15, -0.1) is 0 Å². The van der Waals surface area contributed by atoms with Crippen molar-refractivity contribution in [2.24, 2.45) is 0 Å². The molecular weight excluding hydrogens is 218 g/mol. The molecule has 2 rings (SSSR count). The predicted octanol–water partition coefficient (Wildman–Crippen LogP) is 0.926. The maximum atomic E-state index is 11.4. The van der Waals surface area contributed by atoms with E-state index in [1.165, 1.54) is 25.2 Å². The summed E-state index contributed by atoms with van der Waals surface area (Å²) < 4.78 is 4.59. The zero-order valence-corrected chi connectivity index (χ0v) is 10.1. The van der Waals surface area contributed by atoms with Crippen molar-refractivity contribution in [1.29, 1.82) is 0 Å². The fraction of sp³-hybridized carbons (Fsp3) is 0.462. The van der Waals surface area contributed by atoms with Crippen molar-refractivity contribution < 1.29 is 14.6 Å². The number of hydrogen-bond acceptors (Lipinski definition) is 4. The summed E-state index contributed by atoms with van der Waals surface area (Å²) in [5, 5.41) is 10.0. The van der Waals surface area contributed by atoms with Crippen molar-refractivity contribution in [2.45, 2.75) is 25.6 Å². The first kappa shape index (κ1) is 12.1. The Kier molecular flexibility index (Phi) is 3.17. The molecule has 17 heavy (non-hydrogen) atoms. The normalized spacial score (nSPS) is 18.5. The number of hydrogen-bond donors (Lipinski definition) is 1. The molecule has 1 atom stereocenters. The Hall–Kier alpha value is -1.39. The van der Waals surface area contributed by atoms with Gasteiger partial charge in [0.2, 0.25) is 0 Å². The van der Waals surface area contributed by atoms with Gasteiger partial charge in [-0.05, 0) is 18.1 Å². The molecular formula is C13H17NO3. The van der Waals surface area contributed by atoms with E-state index in [0.717, 1.165) is 13.1 Å². The van der Waals surface area contributed by atoms with E-state index >= 15 is 0 Å². The molecule has 1 aromatic rings. The van der Waals surface area contributed by atoms with E-state index in [0.29, 0.717) is 0 Å². The molecule has 1 aliphatic rings. The van der Waals surface area contributed by atoms with Crippen LogP contribution in [0.25, 0.3) is 0 Å².